The molecule has 6 rings (SSSR count). The van der Waals surface area contributed by atoms with Gasteiger partial charge in [0.1, 0.15) is 0 Å². The molecular weight excluding hydrogens is 350 g/mol. The van der Waals surface area contributed by atoms with Crippen molar-refractivity contribution in [3.63, 3.8) is 0 Å². The molecule has 0 unspecified atom stereocenters. The maximum atomic E-state index is 12.9. The van der Waals surface area contributed by atoms with Crippen LogP contribution in [0.2, 0.25) is 0 Å². The molecule has 3 aliphatic heterocycles. The molecule has 28 heavy (non-hydrogen) atoms. The van der Waals surface area contributed by atoms with E-state index < -0.39 is 0 Å². The number of allylic oxidation sites excluding steroid dienone is 3. The van der Waals surface area contributed by atoms with Crippen LogP contribution < -0.4 is 9.47 Å². The minimum atomic E-state index is 0.0200. The highest BCUT2D eigenvalue weighted by Gasteiger charge is 2.38. The summed E-state index contributed by atoms with van der Waals surface area (Å²) in [5.41, 5.74) is 7.13. The SMILES string of the molecule is O=C1CCCC2=C1[C@@H](c1ccccc1)C=C1c3cc4c(cc3CCN12)OCO4. The third-order valence-electron chi connectivity index (χ3n) is 6.32. The van der Waals surface area contributed by atoms with Crippen molar-refractivity contribution in [3.05, 3.63) is 76.5 Å². The molecule has 140 valence electrons. The lowest BCUT2D eigenvalue weighted by Gasteiger charge is -2.42. The number of hydrogen-bond donors (Lipinski definition) is 0. The predicted octanol–water partition coefficient (Wildman–Crippen LogP) is 4.42. The maximum Gasteiger partial charge on any atom is 0.231 e. The predicted molar refractivity (Wildman–Crippen MR) is 106 cm³/mol. The molecule has 4 heteroatoms. The Kier molecular flexibility index (Phi) is 3.42. The van der Waals surface area contributed by atoms with Crippen LogP contribution in [0.5, 0.6) is 11.5 Å². The molecule has 0 N–H and O–H groups in total. The molecular formula is C24H21NO3. The molecule has 2 aromatic carbocycles. The van der Waals surface area contributed by atoms with E-state index in [0.717, 1.165) is 42.9 Å². The first-order chi connectivity index (χ1) is 13.8. The van der Waals surface area contributed by atoms with Gasteiger partial charge in [-0.15, -0.1) is 0 Å². The smallest absolute Gasteiger partial charge is 0.231 e. The van der Waals surface area contributed by atoms with Gasteiger partial charge in [0.2, 0.25) is 6.79 Å². The van der Waals surface area contributed by atoms with Gasteiger partial charge in [-0.25, -0.2) is 0 Å². The number of Topliss-reactive ketones (excluding diaryl/α,β-unsaturated/α-hetero) is 1. The molecule has 0 amide bonds. The third kappa shape index (κ3) is 2.27. The Morgan fingerprint density at radius 3 is 2.64 bits per heavy atom. The Morgan fingerprint density at radius 2 is 1.79 bits per heavy atom. The van der Waals surface area contributed by atoms with Gasteiger partial charge in [-0.05, 0) is 48.6 Å². The first kappa shape index (κ1) is 16.0. The highest BCUT2D eigenvalue weighted by molar-refractivity contribution is 6.00. The van der Waals surface area contributed by atoms with Crippen LogP contribution in [-0.2, 0) is 11.2 Å². The molecule has 1 aliphatic carbocycles. The standard InChI is InChI=1S/C24H21NO3/c26-21-8-4-7-19-24(21)18(15-5-2-1-3-6-15)12-20-17-13-23-22(27-14-28-23)11-16(17)9-10-25(19)20/h1-3,5-6,11-13,18H,4,7-10,14H2/t18-/m1/s1. The van der Waals surface area contributed by atoms with Gasteiger partial charge in [0.05, 0.1) is 0 Å². The number of hydrogen-bond acceptors (Lipinski definition) is 4. The summed E-state index contributed by atoms with van der Waals surface area (Å²) in [6.07, 6.45) is 5.81. The zero-order valence-corrected chi connectivity index (χ0v) is 15.6. The van der Waals surface area contributed by atoms with Crippen molar-refractivity contribution < 1.29 is 14.3 Å². The minimum Gasteiger partial charge on any atom is -0.454 e. The fraction of sp³-hybridized carbons (Fsp3) is 0.292. The van der Waals surface area contributed by atoms with Crippen molar-refractivity contribution in [3.8, 4) is 11.5 Å². The summed E-state index contributed by atoms with van der Waals surface area (Å²) in [6, 6.07) is 14.7. The van der Waals surface area contributed by atoms with Gasteiger partial charge < -0.3 is 14.4 Å². The van der Waals surface area contributed by atoms with E-state index in [1.54, 1.807) is 0 Å². The fourth-order valence-electron chi connectivity index (χ4n) is 5.03. The number of fused-ring (bicyclic) bond motifs is 5. The van der Waals surface area contributed by atoms with Crippen LogP contribution in [0.3, 0.4) is 0 Å². The number of carbonyl (C=O) groups is 1. The molecule has 0 fully saturated rings. The fourth-order valence-corrected chi connectivity index (χ4v) is 5.03. The normalized spacial score (nSPS) is 22.4. The van der Waals surface area contributed by atoms with Gasteiger partial charge in [-0.2, -0.15) is 0 Å². The second kappa shape index (κ2) is 5.99. The van der Waals surface area contributed by atoms with E-state index in [2.05, 4.69) is 47.4 Å². The summed E-state index contributed by atoms with van der Waals surface area (Å²) in [7, 11) is 0. The van der Waals surface area contributed by atoms with Gasteiger partial charge in [0.15, 0.2) is 17.3 Å². The van der Waals surface area contributed by atoms with Crippen LogP contribution in [0.25, 0.3) is 5.70 Å². The molecule has 0 saturated carbocycles. The molecule has 0 aromatic heterocycles. The van der Waals surface area contributed by atoms with Crippen molar-refractivity contribution in [2.75, 3.05) is 13.3 Å². The molecule has 1 atom stereocenters. The lowest BCUT2D eigenvalue weighted by molar-refractivity contribution is -0.116. The number of ether oxygens (including phenoxy) is 2. The van der Waals surface area contributed by atoms with E-state index in [4.69, 9.17) is 9.47 Å². The first-order valence-electron chi connectivity index (χ1n) is 10.0. The van der Waals surface area contributed by atoms with Gasteiger partial charge in [-0.3, -0.25) is 4.79 Å². The third-order valence-corrected chi connectivity index (χ3v) is 6.32. The molecule has 4 nitrogen and oxygen atoms in total. The molecule has 0 spiro atoms. The number of carbonyl (C=O) groups excluding carboxylic acids is 1. The van der Waals surface area contributed by atoms with Crippen LogP contribution in [0.15, 0.2) is 59.8 Å². The van der Waals surface area contributed by atoms with Gasteiger partial charge >= 0.3 is 0 Å². The lowest BCUT2D eigenvalue weighted by Crippen LogP contribution is -2.36. The van der Waals surface area contributed by atoms with Crippen LogP contribution in [0, 0.1) is 0 Å². The number of rotatable bonds is 1. The number of nitrogens with zero attached hydrogens (tertiary/aromatic N) is 1. The Morgan fingerprint density at radius 1 is 0.964 bits per heavy atom. The van der Waals surface area contributed by atoms with Gasteiger partial charge in [0.25, 0.3) is 0 Å². The molecule has 0 saturated heterocycles. The number of ketones is 1. The second-order valence-electron chi connectivity index (χ2n) is 7.84. The Hall–Kier alpha value is -3.01. The summed E-state index contributed by atoms with van der Waals surface area (Å²) in [6.45, 7) is 1.20. The number of benzene rings is 2. The van der Waals surface area contributed by atoms with Crippen molar-refractivity contribution in [2.24, 2.45) is 0 Å². The zero-order chi connectivity index (χ0) is 18.7. The minimum absolute atomic E-state index is 0.0200. The molecule has 0 radical (unpaired) electrons. The van der Waals surface area contributed by atoms with Crippen molar-refractivity contribution in [1.82, 2.24) is 4.90 Å². The average Bonchev–Trinajstić information content (AvgIpc) is 3.19. The monoisotopic (exact) mass is 371 g/mol. The van der Waals surface area contributed by atoms with E-state index in [-0.39, 0.29) is 12.7 Å². The lowest BCUT2D eigenvalue weighted by atomic mass is 9.77. The average molecular weight is 371 g/mol. The summed E-state index contributed by atoms with van der Waals surface area (Å²) < 4.78 is 11.2. The van der Waals surface area contributed by atoms with Crippen LogP contribution in [0.4, 0.5) is 0 Å². The van der Waals surface area contributed by atoms with Crippen molar-refractivity contribution in [1.29, 1.82) is 0 Å². The Bertz CT molecular complexity index is 1050. The van der Waals surface area contributed by atoms with Crippen LogP contribution >= 0.6 is 0 Å². The molecule has 0 bridgehead atoms. The Balaban J connectivity index is 1.55. The molecule has 3 heterocycles. The topological polar surface area (TPSA) is 38.8 Å². The maximum absolute atomic E-state index is 12.9. The first-order valence-corrected chi connectivity index (χ1v) is 10.0. The summed E-state index contributed by atoms with van der Waals surface area (Å²) in [4.78, 5) is 15.3. The van der Waals surface area contributed by atoms with Crippen molar-refractivity contribution in [2.45, 2.75) is 31.6 Å². The highest BCUT2D eigenvalue weighted by Crippen LogP contribution is 2.48. The van der Waals surface area contributed by atoms with Crippen LogP contribution in [-0.4, -0.2) is 24.0 Å². The van der Waals surface area contributed by atoms with E-state index in [1.807, 2.05) is 6.07 Å². The van der Waals surface area contributed by atoms with E-state index >= 15 is 0 Å². The second-order valence-corrected chi connectivity index (χ2v) is 7.84. The molecule has 4 aliphatic rings. The van der Waals surface area contributed by atoms with Gasteiger partial charge in [-0.1, -0.05) is 30.3 Å². The Labute approximate surface area is 164 Å². The highest BCUT2D eigenvalue weighted by atomic mass is 16.7. The molecule has 2 aromatic rings. The summed E-state index contributed by atoms with van der Waals surface area (Å²) in [5, 5.41) is 0. The van der Waals surface area contributed by atoms with Crippen LogP contribution in [0.1, 0.15) is 41.9 Å². The van der Waals surface area contributed by atoms with E-state index in [9.17, 15) is 4.79 Å². The van der Waals surface area contributed by atoms with Crippen molar-refractivity contribution >= 4 is 11.5 Å². The largest absolute Gasteiger partial charge is 0.454 e. The van der Waals surface area contributed by atoms with E-state index in [1.165, 1.54) is 28.1 Å². The van der Waals surface area contributed by atoms with Gasteiger partial charge in [0, 0.05) is 41.4 Å². The summed E-state index contributed by atoms with van der Waals surface area (Å²) >= 11 is 0. The quantitative estimate of drug-likeness (QED) is 0.744. The summed E-state index contributed by atoms with van der Waals surface area (Å²) in [5.74, 6) is 1.99. The van der Waals surface area contributed by atoms with E-state index in [0.29, 0.717) is 12.2 Å². The zero-order valence-electron chi connectivity index (χ0n) is 15.6.